The molecule has 120 valence electrons. The fourth-order valence-corrected chi connectivity index (χ4v) is 3.09. The molecule has 0 spiro atoms. The van der Waals surface area contributed by atoms with Crippen LogP contribution >= 0.6 is 11.6 Å². The highest BCUT2D eigenvalue weighted by Gasteiger charge is 2.19. The molecule has 0 unspecified atom stereocenters. The number of benzene rings is 1. The molecule has 0 aliphatic carbocycles. The Morgan fingerprint density at radius 3 is 2.71 bits per heavy atom. The highest BCUT2D eigenvalue weighted by atomic mass is 35.5. The summed E-state index contributed by atoms with van der Waals surface area (Å²) in [6, 6.07) is 13.7. The maximum Gasteiger partial charge on any atom is 0.159 e. The highest BCUT2D eigenvalue weighted by Crippen LogP contribution is 2.22. The van der Waals surface area contributed by atoms with Gasteiger partial charge in [0, 0.05) is 54.6 Å². The van der Waals surface area contributed by atoms with Gasteiger partial charge in [-0.2, -0.15) is 0 Å². The van der Waals surface area contributed by atoms with Crippen molar-refractivity contribution in [3.63, 3.8) is 0 Å². The molecular formula is C19H17ClN4. The second-order valence-corrected chi connectivity index (χ2v) is 6.39. The Kier molecular flexibility index (Phi) is 4.24. The summed E-state index contributed by atoms with van der Waals surface area (Å²) in [6.07, 6.45) is 4.73. The van der Waals surface area contributed by atoms with Crippen molar-refractivity contribution in [2.45, 2.75) is 19.5 Å². The molecule has 3 aromatic rings. The lowest BCUT2D eigenvalue weighted by atomic mass is 10.1. The predicted molar refractivity (Wildman–Crippen MR) is 94.5 cm³/mol. The quantitative estimate of drug-likeness (QED) is 0.730. The molecule has 0 N–H and O–H groups in total. The van der Waals surface area contributed by atoms with E-state index in [0.717, 1.165) is 53.9 Å². The standard InChI is InChI=1S/C19H17ClN4/c20-16-6-4-14(5-7-16)19-22-11-15-12-24(10-8-18(15)23-19)13-17-3-1-2-9-21-17/h1-7,9,11H,8,10,12-13H2. The normalized spacial score (nSPS) is 14.4. The molecule has 24 heavy (non-hydrogen) atoms. The zero-order chi connectivity index (χ0) is 16.4. The Balaban J connectivity index is 1.52. The zero-order valence-electron chi connectivity index (χ0n) is 13.2. The summed E-state index contributed by atoms with van der Waals surface area (Å²) < 4.78 is 0. The number of aromatic nitrogens is 3. The van der Waals surface area contributed by atoms with E-state index in [1.54, 1.807) is 0 Å². The molecular weight excluding hydrogens is 320 g/mol. The van der Waals surface area contributed by atoms with Crippen molar-refractivity contribution in [3.8, 4) is 11.4 Å². The Morgan fingerprint density at radius 1 is 1.04 bits per heavy atom. The number of hydrogen-bond donors (Lipinski definition) is 0. The van der Waals surface area contributed by atoms with Gasteiger partial charge in [0.1, 0.15) is 0 Å². The Bertz CT molecular complexity index is 834. The van der Waals surface area contributed by atoms with E-state index in [0.29, 0.717) is 0 Å². The van der Waals surface area contributed by atoms with E-state index in [-0.39, 0.29) is 0 Å². The van der Waals surface area contributed by atoms with Crippen molar-refractivity contribution < 1.29 is 0 Å². The summed E-state index contributed by atoms with van der Waals surface area (Å²) in [4.78, 5) is 16.1. The number of pyridine rings is 1. The van der Waals surface area contributed by atoms with Crippen LogP contribution in [0.1, 0.15) is 17.0 Å². The summed E-state index contributed by atoms with van der Waals surface area (Å²) in [5.41, 5.74) is 4.44. The van der Waals surface area contributed by atoms with Crippen LogP contribution in [0.3, 0.4) is 0 Å². The molecule has 1 aliphatic heterocycles. The molecule has 0 saturated heterocycles. The Hall–Kier alpha value is -2.30. The van der Waals surface area contributed by atoms with Crippen LogP contribution in [0.25, 0.3) is 11.4 Å². The summed E-state index contributed by atoms with van der Waals surface area (Å²) in [6.45, 7) is 2.71. The molecule has 0 amide bonds. The van der Waals surface area contributed by atoms with Crippen LogP contribution in [-0.2, 0) is 19.5 Å². The Labute approximate surface area is 146 Å². The fourth-order valence-electron chi connectivity index (χ4n) is 2.97. The molecule has 1 aliphatic rings. The minimum atomic E-state index is 0.724. The molecule has 2 aromatic heterocycles. The van der Waals surface area contributed by atoms with Crippen molar-refractivity contribution >= 4 is 11.6 Å². The second-order valence-electron chi connectivity index (χ2n) is 5.95. The van der Waals surface area contributed by atoms with Gasteiger partial charge in [0.05, 0.1) is 11.4 Å². The number of hydrogen-bond acceptors (Lipinski definition) is 4. The number of nitrogens with zero attached hydrogens (tertiary/aromatic N) is 4. The number of fused-ring (bicyclic) bond motifs is 1. The van der Waals surface area contributed by atoms with E-state index in [4.69, 9.17) is 16.6 Å². The van der Waals surface area contributed by atoms with Gasteiger partial charge in [-0.3, -0.25) is 9.88 Å². The summed E-state index contributed by atoms with van der Waals surface area (Å²) in [7, 11) is 0. The van der Waals surface area contributed by atoms with Gasteiger partial charge in [-0.05, 0) is 36.4 Å². The van der Waals surface area contributed by atoms with Crippen LogP contribution in [0, 0.1) is 0 Å². The molecule has 4 nitrogen and oxygen atoms in total. The van der Waals surface area contributed by atoms with Crippen LogP contribution in [0.5, 0.6) is 0 Å². The minimum absolute atomic E-state index is 0.724. The predicted octanol–water partition coefficient (Wildman–Crippen LogP) is 3.75. The smallest absolute Gasteiger partial charge is 0.159 e. The molecule has 3 heterocycles. The average molecular weight is 337 g/mol. The van der Waals surface area contributed by atoms with Gasteiger partial charge in [-0.25, -0.2) is 9.97 Å². The molecule has 0 radical (unpaired) electrons. The minimum Gasteiger partial charge on any atom is -0.293 e. The van der Waals surface area contributed by atoms with Gasteiger partial charge < -0.3 is 0 Å². The molecule has 5 heteroatoms. The van der Waals surface area contributed by atoms with Gasteiger partial charge >= 0.3 is 0 Å². The van der Waals surface area contributed by atoms with Crippen molar-refractivity contribution in [3.05, 3.63) is 76.8 Å². The molecule has 4 rings (SSSR count). The van der Waals surface area contributed by atoms with E-state index in [2.05, 4.69) is 20.9 Å². The summed E-state index contributed by atoms with van der Waals surface area (Å²) in [5.74, 6) is 0.767. The summed E-state index contributed by atoms with van der Waals surface area (Å²) in [5, 5.41) is 0.724. The maximum absolute atomic E-state index is 5.95. The molecule has 1 aromatic carbocycles. The van der Waals surface area contributed by atoms with Crippen molar-refractivity contribution in [2.24, 2.45) is 0 Å². The number of rotatable bonds is 3. The van der Waals surface area contributed by atoms with Crippen molar-refractivity contribution in [1.82, 2.24) is 19.9 Å². The lowest BCUT2D eigenvalue weighted by molar-refractivity contribution is 0.240. The fraction of sp³-hybridized carbons (Fsp3) is 0.211. The van der Waals surface area contributed by atoms with E-state index >= 15 is 0 Å². The first-order chi connectivity index (χ1) is 11.8. The van der Waals surface area contributed by atoms with Gasteiger partial charge in [0.25, 0.3) is 0 Å². The maximum atomic E-state index is 5.95. The first-order valence-corrected chi connectivity index (χ1v) is 8.39. The van der Waals surface area contributed by atoms with E-state index in [1.165, 1.54) is 5.56 Å². The van der Waals surface area contributed by atoms with E-state index < -0.39 is 0 Å². The first kappa shape index (κ1) is 15.2. The number of halogens is 1. The van der Waals surface area contributed by atoms with Crippen molar-refractivity contribution in [2.75, 3.05) is 6.54 Å². The summed E-state index contributed by atoms with van der Waals surface area (Å²) >= 11 is 5.95. The third kappa shape index (κ3) is 3.30. The SMILES string of the molecule is Clc1ccc(-c2ncc3c(n2)CCN(Cc2ccccn2)C3)cc1. The van der Waals surface area contributed by atoms with Crippen LogP contribution in [0.2, 0.25) is 5.02 Å². The lowest BCUT2D eigenvalue weighted by Crippen LogP contribution is -2.31. The molecule has 0 fully saturated rings. The first-order valence-electron chi connectivity index (χ1n) is 8.01. The third-order valence-corrected chi connectivity index (χ3v) is 4.48. The largest absolute Gasteiger partial charge is 0.293 e. The van der Waals surface area contributed by atoms with Crippen LogP contribution < -0.4 is 0 Å². The van der Waals surface area contributed by atoms with Gasteiger partial charge in [-0.1, -0.05) is 17.7 Å². The van der Waals surface area contributed by atoms with Gasteiger partial charge in [0.15, 0.2) is 5.82 Å². The van der Waals surface area contributed by atoms with Crippen LogP contribution in [-0.4, -0.2) is 26.4 Å². The average Bonchev–Trinajstić information content (AvgIpc) is 2.63. The topological polar surface area (TPSA) is 41.9 Å². The van der Waals surface area contributed by atoms with Gasteiger partial charge in [-0.15, -0.1) is 0 Å². The van der Waals surface area contributed by atoms with Crippen LogP contribution in [0.15, 0.2) is 54.9 Å². The van der Waals surface area contributed by atoms with E-state index in [1.807, 2.05) is 48.8 Å². The zero-order valence-corrected chi connectivity index (χ0v) is 13.9. The second kappa shape index (κ2) is 6.67. The van der Waals surface area contributed by atoms with Crippen molar-refractivity contribution in [1.29, 1.82) is 0 Å². The third-order valence-electron chi connectivity index (χ3n) is 4.23. The molecule has 0 atom stereocenters. The molecule has 0 bridgehead atoms. The Morgan fingerprint density at radius 2 is 1.92 bits per heavy atom. The highest BCUT2D eigenvalue weighted by molar-refractivity contribution is 6.30. The van der Waals surface area contributed by atoms with E-state index in [9.17, 15) is 0 Å². The molecule has 0 saturated carbocycles. The lowest BCUT2D eigenvalue weighted by Gasteiger charge is -2.27. The van der Waals surface area contributed by atoms with Gasteiger partial charge in [0.2, 0.25) is 0 Å². The monoisotopic (exact) mass is 336 g/mol. The van der Waals surface area contributed by atoms with Crippen LogP contribution in [0.4, 0.5) is 0 Å².